The van der Waals surface area contributed by atoms with Gasteiger partial charge in [-0.25, -0.2) is 0 Å². The third-order valence-corrected chi connectivity index (χ3v) is 27.4. The molecule has 0 saturated heterocycles. The highest BCUT2D eigenvalue weighted by atomic mass is 31.2. The standard InChI is InChI=1S/C25H22P.2C24H20B.C18H15P.C12H10/c1-5-13-22(14-6-1)21-26(23-15-7-2-8-16-23,24-17-9-3-10-18-24)25-19-11-4-12-20-25;2*1-5-13-21(14-6-1)25(22-15-7-2-8-16-22,23-17-9-3-10-18-23)24-19-11-4-12-20-24;1-4-10-16(11-5-1)19(17-12-6-2-7-13-17)18-14-8-3-9-15-18;1-3-7-11(8-4-1)12-9-5-2-6-10-12/h1-20H,21H2;2*1-20H;1-15H;1-10H/q+1;2*-1;;/p+1. The van der Waals surface area contributed by atoms with Crippen LogP contribution >= 0.6 is 15.2 Å². The van der Waals surface area contributed by atoms with E-state index in [1.54, 1.807) is 0 Å². The first-order valence-electron chi connectivity index (χ1n) is 37.1. The molecule has 0 saturated carbocycles. The van der Waals surface area contributed by atoms with Crippen molar-refractivity contribution in [3.05, 3.63) is 521 Å². The van der Waals surface area contributed by atoms with Crippen molar-refractivity contribution >= 4 is 103 Å². The summed E-state index contributed by atoms with van der Waals surface area (Å²) in [6.45, 7) is 0. The zero-order chi connectivity index (χ0) is 72.7. The topological polar surface area (TPSA) is 0 Å². The Morgan fingerprint density at radius 3 is 0.495 bits per heavy atom. The molecule has 4 heteroatoms. The highest BCUT2D eigenvalue weighted by Crippen LogP contribution is 2.58. The maximum absolute atomic E-state index is 2.30. The molecule has 0 atom stereocenters. The van der Waals surface area contributed by atoms with Gasteiger partial charge in [-0.05, 0) is 89.5 Å². The van der Waals surface area contributed by atoms with Gasteiger partial charge in [0.2, 0.25) is 0 Å². The summed E-state index contributed by atoms with van der Waals surface area (Å²) in [4.78, 5) is 0. The van der Waals surface area contributed by atoms with Crippen LogP contribution in [0.2, 0.25) is 0 Å². The van der Waals surface area contributed by atoms with Gasteiger partial charge in [0.25, 0.3) is 0 Å². The van der Waals surface area contributed by atoms with Gasteiger partial charge in [0.05, 0.1) is 14.1 Å². The summed E-state index contributed by atoms with van der Waals surface area (Å²) < 4.78 is 0. The van der Waals surface area contributed by atoms with E-state index in [0.717, 1.165) is 6.16 Å². The normalized spacial score (nSPS) is 10.9. The largest absolute Gasteiger partial charge is 0.195 e. The molecular weight excluding hydrogens is 1320 g/mol. The highest BCUT2D eigenvalue weighted by Gasteiger charge is 2.45. The van der Waals surface area contributed by atoms with Crippen molar-refractivity contribution in [3.63, 3.8) is 0 Å². The van der Waals surface area contributed by atoms with Crippen LogP contribution in [-0.2, 0) is 6.16 Å². The molecule has 17 aromatic carbocycles. The molecule has 0 aliphatic heterocycles. The zero-order valence-corrected chi connectivity index (χ0v) is 62.3. The van der Waals surface area contributed by atoms with Crippen molar-refractivity contribution in [2.24, 2.45) is 0 Å². The maximum Gasteiger partial charge on any atom is 0.116 e. The fraction of sp³-hybridized carbons (Fsp3) is 0.00971. The molecule has 0 bridgehead atoms. The van der Waals surface area contributed by atoms with Crippen LogP contribution < -0.4 is 75.5 Å². The second-order valence-electron chi connectivity index (χ2n) is 26.7. The quantitative estimate of drug-likeness (QED) is 0.0630. The van der Waals surface area contributed by atoms with Crippen LogP contribution in [0.1, 0.15) is 5.56 Å². The third-order valence-electron chi connectivity index (χ3n) is 20.3. The van der Waals surface area contributed by atoms with Crippen LogP contribution in [0.15, 0.2) is 516 Å². The molecule has 0 aliphatic carbocycles. The number of rotatable bonds is 17. The summed E-state index contributed by atoms with van der Waals surface area (Å²) in [5.74, 6) is 0. The lowest BCUT2D eigenvalue weighted by atomic mass is 9.13. The van der Waals surface area contributed by atoms with Gasteiger partial charge in [-0.2, -0.15) is 43.7 Å². The minimum absolute atomic E-state index is 0.877. The van der Waals surface area contributed by atoms with Crippen molar-refractivity contribution in [2.75, 3.05) is 0 Å². The highest BCUT2D eigenvalue weighted by molar-refractivity contribution is 7.95. The van der Waals surface area contributed by atoms with E-state index in [4.69, 9.17) is 0 Å². The zero-order valence-electron chi connectivity index (χ0n) is 60.4. The molecule has 516 valence electrons. The molecule has 0 amide bonds. The molecular formula is C103H88B2P2. The predicted octanol–water partition coefficient (Wildman–Crippen LogP) is 17.8. The fourth-order valence-electron chi connectivity index (χ4n) is 15.4. The van der Waals surface area contributed by atoms with Crippen molar-refractivity contribution < 1.29 is 0 Å². The molecule has 0 radical (unpaired) electrons. The summed E-state index contributed by atoms with van der Waals surface area (Å²) in [5, 5.41) is 8.60. The van der Waals surface area contributed by atoms with Crippen molar-refractivity contribution in [1.29, 1.82) is 0 Å². The monoisotopic (exact) mass is 1410 g/mol. The van der Waals surface area contributed by atoms with E-state index in [1.807, 2.05) is 12.1 Å². The Morgan fingerprint density at radius 2 is 0.308 bits per heavy atom. The van der Waals surface area contributed by atoms with Crippen LogP contribution in [0.5, 0.6) is 0 Å². The molecule has 0 nitrogen and oxygen atoms in total. The van der Waals surface area contributed by atoms with Crippen LogP contribution in [0.25, 0.3) is 11.1 Å². The van der Waals surface area contributed by atoms with Gasteiger partial charge in [0, 0.05) is 0 Å². The Morgan fingerprint density at radius 1 is 0.159 bits per heavy atom. The van der Waals surface area contributed by atoms with Gasteiger partial charge >= 0.3 is 0 Å². The van der Waals surface area contributed by atoms with Gasteiger partial charge in [-0.3, -0.25) is 0 Å². The Bertz CT molecular complexity index is 4550. The van der Waals surface area contributed by atoms with Crippen molar-refractivity contribution in [1.82, 2.24) is 0 Å². The lowest BCUT2D eigenvalue weighted by Gasteiger charge is -2.44. The van der Waals surface area contributed by atoms with Gasteiger partial charge in [-0.15, -0.1) is 0 Å². The van der Waals surface area contributed by atoms with E-state index in [9.17, 15) is 0 Å². The van der Waals surface area contributed by atoms with Crippen LogP contribution in [0, 0.1) is 0 Å². The van der Waals surface area contributed by atoms with Gasteiger partial charge < -0.3 is 0 Å². The molecule has 0 aliphatic rings. The molecule has 107 heavy (non-hydrogen) atoms. The first-order valence-corrected chi connectivity index (χ1v) is 40.6. The fourth-order valence-corrected chi connectivity index (χ4v) is 22.3. The smallest absolute Gasteiger partial charge is 0.116 e. The van der Waals surface area contributed by atoms with E-state index in [1.165, 1.54) is 92.2 Å². The Balaban J connectivity index is 0.000000120. The van der Waals surface area contributed by atoms with E-state index in [2.05, 4.69) is 504 Å². The SMILES string of the molecule is c1ccc(-c2ccccc2)cc1.c1ccc(C[P+](c2ccccc2)(c2ccccc2)c2ccccc2)cc1.c1ccc([B-](c2ccccc2)(c2ccccc2)c2ccccc2)cc1.c1ccc([B-](c2ccccc2)(c2ccccc2)c2ccccc2)cc1.c1ccc([PH+](c2ccccc2)c2ccccc2)cc1. The second-order valence-corrected chi connectivity index (χ2v) is 32.6. The predicted molar refractivity (Wildman–Crippen MR) is 474 cm³/mol. The van der Waals surface area contributed by atoms with Crippen LogP contribution in [0.4, 0.5) is 0 Å². The van der Waals surface area contributed by atoms with E-state index >= 15 is 0 Å². The summed E-state index contributed by atoms with van der Waals surface area (Å²) in [7, 11) is -2.65. The average molecular weight is 1410 g/mol. The van der Waals surface area contributed by atoms with Crippen molar-refractivity contribution in [2.45, 2.75) is 6.16 Å². The minimum Gasteiger partial charge on any atom is -0.195 e. The Hall–Kier alpha value is -12.3. The lowest BCUT2D eigenvalue weighted by Crippen LogP contribution is -2.74. The van der Waals surface area contributed by atoms with E-state index in [-0.39, 0.29) is 0 Å². The van der Waals surface area contributed by atoms with Gasteiger partial charge in [0.1, 0.15) is 51.4 Å². The summed E-state index contributed by atoms with van der Waals surface area (Å²) >= 11 is 0. The van der Waals surface area contributed by atoms with Crippen LogP contribution in [-0.4, -0.2) is 12.3 Å². The van der Waals surface area contributed by atoms with E-state index < -0.39 is 27.5 Å². The molecule has 0 spiro atoms. The number of hydrogen-bond donors (Lipinski definition) is 0. The Kier molecular flexibility index (Phi) is 25.9. The summed E-state index contributed by atoms with van der Waals surface area (Å²) in [6, 6.07) is 184. The molecule has 17 rings (SSSR count). The number of hydrogen-bond acceptors (Lipinski definition) is 0. The molecule has 0 aromatic heterocycles. The van der Waals surface area contributed by atoms with Crippen molar-refractivity contribution in [3.8, 4) is 11.1 Å². The van der Waals surface area contributed by atoms with Gasteiger partial charge in [-0.1, -0.05) is 443 Å². The van der Waals surface area contributed by atoms with Gasteiger partial charge in [0.15, 0.2) is 0 Å². The summed E-state index contributed by atoms with van der Waals surface area (Å²) in [5.41, 5.74) is 14.7. The molecule has 0 fully saturated rings. The first kappa shape index (κ1) is 73.1. The van der Waals surface area contributed by atoms with Crippen LogP contribution in [0.3, 0.4) is 0 Å². The molecule has 0 unspecified atom stereocenters. The molecule has 0 N–H and O–H groups in total. The average Bonchev–Trinajstić information content (AvgIpc) is 0.738. The number of benzene rings is 17. The maximum atomic E-state index is 2.30. The lowest BCUT2D eigenvalue weighted by molar-refractivity contribution is 1.39. The van der Waals surface area contributed by atoms with E-state index in [0.29, 0.717) is 0 Å². The molecule has 17 aromatic rings. The first-order chi connectivity index (χ1) is 53.2. The Labute approximate surface area is 637 Å². The minimum atomic E-state index is -1.78. The third kappa shape index (κ3) is 17.8. The summed E-state index contributed by atoms with van der Waals surface area (Å²) in [6.07, 6.45) is -1.40. The molecule has 0 heterocycles. The second kappa shape index (κ2) is 38.0.